The highest BCUT2D eigenvalue weighted by atomic mass is 32.2. The number of nitro benzene ring substituents is 1. The molecule has 146 valence electrons. The van der Waals surface area contributed by atoms with Crippen molar-refractivity contribution in [1.29, 1.82) is 0 Å². The van der Waals surface area contributed by atoms with Gasteiger partial charge in [0.2, 0.25) is 0 Å². The van der Waals surface area contributed by atoms with E-state index in [-0.39, 0.29) is 21.3 Å². The minimum atomic E-state index is -0.582. The first-order chi connectivity index (χ1) is 13.8. The number of benzene rings is 2. The topological polar surface area (TPSA) is 96.0 Å². The SMILES string of the molecule is CC(/C=C1\SC(=S)N(/N=C\c2cc([N+](=O)[O-])ccc2O)C1=O)=C\c1ccccc1. The summed E-state index contributed by atoms with van der Waals surface area (Å²) < 4.78 is 0.231. The second-order valence-electron chi connectivity index (χ2n) is 6.04. The van der Waals surface area contributed by atoms with Crippen LogP contribution in [-0.2, 0) is 4.79 Å². The fraction of sp³-hybridized carbons (Fsp3) is 0.0500. The third-order valence-electron chi connectivity index (χ3n) is 3.86. The molecule has 1 aliphatic heterocycles. The first kappa shape index (κ1) is 20.4. The molecule has 1 fully saturated rings. The van der Waals surface area contributed by atoms with E-state index in [4.69, 9.17) is 12.2 Å². The van der Waals surface area contributed by atoms with Gasteiger partial charge in [0.05, 0.1) is 16.0 Å². The van der Waals surface area contributed by atoms with Crippen LogP contribution in [0.4, 0.5) is 5.69 Å². The Hall–Kier alpha value is -3.30. The second kappa shape index (κ2) is 8.80. The summed E-state index contributed by atoms with van der Waals surface area (Å²) in [5.74, 6) is -0.594. The number of thioether (sulfide) groups is 1. The Morgan fingerprint density at radius 2 is 2.00 bits per heavy atom. The monoisotopic (exact) mass is 425 g/mol. The Labute approximate surface area is 176 Å². The van der Waals surface area contributed by atoms with Gasteiger partial charge in [-0.15, -0.1) is 0 Å². The standard InChI is InChI=1S/C20H15N3O4S2/c1-13(9-14-5-3-2-4-6-14)10-18-19(25)22(20(28)29-18)21-12-15-11-16(23(26)27)7-8-17(15)24/h2-12,24H,1H3/b13-9+,18-10-,21-12-. The maximum atomic E-state index is 12.6. The van der Waals surface area contributed by atoms with Gasteiger partial charge in [0.15, 0.2) is 4.32 Å². The van der Waals surface area contributed by atoms with Crippen LogP contribution < -0.4 is 0 Å². The lowest BCUT2D eigenvalue weighted by molar-refractivity contribution is -0.384. The molecule has 29 heavy (non-hydrogen) atoms. The molecule has 1 aliphatic rings. The van der Waals surface area contributed by atoms with E-state index in [9.17, 15) is 20.0 Å². The molecule has 0 aliphatic carbocycles. The summed E-state index contributed by atoms with van der Waals surface area (Å²) in [5.41, 5.74) is 1.79. The van der Waals surface area contributed by atoms with Gasteiger partial charge < -0.3 is 5.11 Å². The number of hydrazone groups is 1. The van der Waals surface area contributed by atoms with Gasteiger partial charge >= 0.3 is 0 Å². The number of hydrogen-bond donors (Lipinski definition) is 1. The molecule has 1 N–H and O–H groups in total. The summed E-state index contributed by atoms with van der Waals surface area (Å²) >= 11 is 6.33. The molecule has 2 aromatic rings. The molecular formula is C20H15N3O4S2. The van der Waals surface area contributed by atoms with E-state index < -0.39 is 10.8 Å². The van der Waals surface area contributed by atoms with Crippen LogP contribution in [0.15, 0.2) is 70.2 Å². The molecule has 1 amide bonds. The fourth-order valence-corrected chi connectivity index (χ4v) is 3.72. The predicted molar refractivity (Wildman–Crippen MR) is 118 cm³/mol. The van der Waals surface area contributed by atoms with Crippen molar-refractivity contribution < 1.29 is 14.8 Å². The maximum absolute atomic E-state index is 12.6. The highest BCUT2D eigenvalue weighted by molar-refractivity contribution is 8.26. The van der Waals surface area contributed by atoms with E-state index in [0.29, 0.717) is 4.91 Å². The van der Waals surface area contributed by atoms with E-state index in [1.165, 1.54) is 24.4 Å². The van der Waals surface area contributed by atoms with Crippen LogP contribution in [0.1, 0.15) is 18.1 Å². The summed E-state index contributed by atoms with van der Waals surface area (Å²) in [6, 6.07) is 13.2. The van der Waals surface area contributed by atoms with Crippen LogP contribution in [-0.4, -0.2) is 31.5 Å². The van der Waals surface area contributed by atoms with Crippen molar-refractivity contribution in [3.8, 4) is 5.75 Å². The van der Waals surface area contributed by atoms with Gasteiger partial charge in [-0.3, -0.25) is 14.9 Å². The van der Waals surface area contributed by atoms with Gasteiger partial charge in [0.1, 0.15) is 5.75 Å². The van der Waals surface area contributed by atoms with Crippen molar-refractivity contribution in [2.24, 2.45) is 5.10 Å². The number of non-ortho nitro benzene ring substituents is 1. The lowest BCUT2D eigenvalue weighted by atomic mass is 10.1. The number of nitrogens with zero attached hydrogens (tertiary/aromatic N) is 3. The number of thiocarbonyl (C=S) groups is 1. The molecule has 0 atom stereocenters. The quantitative estimate of drug-likeness (QED) is 0.249. The fourth-order valence-electron chi connectivity index (χ4n) is 2.50. The number of carbonyl (C=O) groups excluding carboxylic acids is 1. The first-order valence-electron chi connectivity index (χ1n) is 8.38. The molecule has 0 saturated carbocycles. The van der Waals surface area contributed by atoms with Crippen molar-refractivity contribution in [2.75, 3.05) is 0 Å². The van der Waals surface area contributed by atoms with Gasteiger partial charge in [0, 0.05) is 17.7 Å². The molecular weight excluding hydrogens is 410 g/mol. The summed E-state index contributed by atoms with van der Waals surface area (Å²) in [6.45, 7) is 1.88. The molecule has 7 nitrogen and oxygen atoms in total. The van der Waals surface area contributed by atoms with E-state index in [1.54, 1.807) is 6.08 Å². The summed E-state index contributed by atoms with van der Waals surface area (Å²) in [5, 5.41) is 25.8. The number of amides is 1. The third kappa shape index (κ3) is 4.95. The second-order valence-corrected chi connectivity index (χ2v) is 7.71. The average molecular weight is 425 g/mol. The Morgan fingerprint density at radius 1 is 1.28 bits per heavy atom. The largest absolute Gasteiger partial charge is 0.507 e. The summed E-state index contributed by atoms with van der Waals surface area (Å²) in [6.07, 6.45) is 4.84. The molecule has 0 spiro atoms. The number of nitro groups is 1. The number of hydrogen-bond acceptors (Lipinski definition) is 7. The molecule has 9 heteroatoms. The zero-order valence-electron chi connectivity index (χ0n) is 15.2. The average Bonchev–Trinajstić information content (AvgIpc) is 2.94. The van der Waals surface area contributed by atoms with Crippen molar-refractivity contribution in [3.05, 3.63) is 86.3 Å². The zero-order valence-corrected chi connectivity index (χ0v) is 16.8. The number of phenols is 1. The summed E-state index contributed by atoms with van der Waals surface area (Å²) in [4.78, 5) is 23.3. The Kier molecular flexibility index (Phi) is 6.20. The number of carbonyl (C=O) groups is 1. The molecule has 0 bridgehead atoms. The molecule has 0 unspecified atom stereocenters. The zero-order chi connectivity index (χ0) is 21.0. The normalized spacial score (nSPS) is 16.2. The van der Waals surface area contributed by atoms with Crippen molar-refractivity contribution in [2.45, 2.75) is 6.92 Å². The number of rotatable bonds is 5. The maximum Gasteiger partial charge on any atom is 0.286 e. The third-order valence-corrected chi connectivity index (χ3v) is 5.14. The molecule has 2 aromatic carbocycles. The number of phenolic OH excluding ortho intramolecular Hbond substituents is 1. The molecule has 0 radical (unpaired) electrons. The predicted octanol–water partition coefficient (Wildman–Crippen LogP) is 4.48. The molecule has 0 aromatic heterocycles. The van der Waals surface area contributed by atoms with Crippen LogP contribution in [0.25, 0.3) is 6.08 Å². The van der Waals surface area contributed by atoms with E-state index in [2.05, 4.69) is 5.10 Å². The van der Waals surface area contributed by atoms with Crippen LogP contribution in [0.3, 0.4) is 0 Å². The number of allylic oxidation sites excluding steroid dienone is 2. The van der Waals surface area contributed by atoms with Gasteiger partial charge in [-0.25, -0.2) is 0 Å². The smallest absolute Gasteiger partial charge is 0.286 e. The van der Waals surface area contributed by atoms with Crippen LogP contribution in [0, 0.1) is 10.1 Å². The lowest BCUT2D eigenvalue weighted by Crippen LogP contribution is -2.22. The highest BCUT2D eigenvalue weighted by Gasteiger charge is 2.32. The lowest BCUT2D eigenvalue weighted by Gasteiger charge is -2.06. The van der Waals surface area contributed by atoms with E-state index >= 15 is 0 Å². The first-order valence-corrected chi connectivity index (χ1v) is 9.60. The van der Waals surface area contributed by atoms with Gasteiger partial charge in [0.25, 0.3) is 11.6 Å². The molecule has 3 rings (SSSR count). The van der Waals surface area contributed by atoms with Crippen molar-refractivity contribution in [1.82, 2.24) is 5.01 Å². The summed E-state index contributed by atoms with van der Waals surface area (Å²) in [7, 11) is 0. The Morgan fingerprint density at radius 3 is 2.69 bits per heavy atom. The van der Waals surface area contributed by atoms with E-state index in [0.717, 1.165) is 27.9 Å². The Balaban J connectivity index is 1.81. The molecule has 1 heterocycles. The van der Waals surface area contributed by atoms with Crippen molar-refractivity contribution >= 4 is 52.2 Å². The Bertz CT molecular complexity index is 1080. The molecule has 1 saturated heterocycles. The highest BCUT2D eigenvalue weighted by Crippen LogP contribution is 2.32. The van der Waals surface area contributed by atoms with Gasteiger partial charge in [-0.05, 0) is 42.4 Å². The van der Waals surface area contributed by atoms with Crippen LogP contribution in [0.5, 0.6) is 5.75 Å². The van der Waals surface area contributed by atoms with Gasteiger partial charge in [-0.2, -0.15) is 10.1 Å². The van der Waals surface area contributed by atoms with Crippen LogP contribution >= 0.6 is 24.0 Å². The van der Waals surface area contributed by atoms with Gasteiger partial charge in [-0.1, -0.05) is 48.2 Å². The minimum Gasteiger partial charge on any atom is -0.507 e. The van der Waals surface area contributed by atoms with Crippen LogP contribution in [0.2, 0.25) is 0 Å². The van der Waals surface area contributed by atoms with E-state index in [1.807, 2.05) is 43.3 Å². The van der Waals surface area contributed by atoms with Crippen molar-refractivity contribution in [3.63, 3.8) is 0 Å². The number of aromatic hydroxyl groups is 1. The minimum absolute atomic E-state index is 0.109.